The molecule has 0 aliphatic carbocycles. The summed E-state index contributed by atoms with van der Waals surface area (Å²) in [6.45, 7) is 1.06. The van der Waals surface area contributed by atoms with Crippen molar-refractivity contribution >= 4 is 11.3 Å². The van der Waals surface area contributed by atoms with E-state index in [-0.39, 0.29) is 12.1 Å². The maximum absolute atomic E-state index is 13.3. The predicted octanol–water partition coefficient (Wildman–Crippen LogP) is 0.417. The minimum Gasteiger partial charge on any atom is -0.760 e. The van der Waals surface area contributed by atoms with Gasteiger partial charge in [0.2, 0.25) is 0 Å². The van der Waals surface area contributed by atoms with E-state index < -0.39 is 22.7 Å². The summed E-state index contributed by atoms with van der Waals surface area (Å²) in [6.07, 6.45) is 0. The van der Waals surface area contributed by atoms with E-state index in [4.69, 9.17) is 0 Å². The molecule has 0 fully saturated rings. The summed E-state index contributed by atoms with van der Waals surface area (Å²) in [7, 11) is 0. The molecule has 1 rings (SSSR count). The molecule has 0 radical (unpaired) electrons. The maximum atomic E-state index is 13.3. The predicted molar refractivity (Wildman–Crippen MR) is 52.9 cm³/mol. The van der Waals surface area contributed by atoms with Crippen LogP contribution in [0.25, 0.3) is 0 Å². The lowest BCUT2D eigenvalue weighted by atomic mass is 9.96. The van der Waals surface area contributed by atoms with Crippen molar-refractivity contribution in [3.63, 3.8) is 0 Å². The first kappa shape index (κ1) is 12.3. The van der Waals surface area contributed by atoms with Crippen LogP contribution in [0.4, 0.5) is 4.39 Å². The van der Waals surface area contributed by atoms with Crippen LogP contribution in [0.3, 0.4) is 0 Å². The van der Waals surface area contributed by atoms with Gasteiger partial charge in [-0.25, -0.2) is 9.11 Å². The van der Waals surface area contributed by atoms with Gasteiger partial charge in [-0.05, 0) is 13.0 Å². The lowest BCUT2D eigenvalue weighted by Crippen LogP contribution is -2.36. The molecule has 0 aliphatic rings. The van der Waals surface area contributed by atoms with E-state index in [9.17, 15) is 18.3 Å². The highest BCUT2D eigenvalue weighted by molar-refractivity contribution is 7.77. The number of benzene rings is 1. The normalized spacial score (nSPS) is 17.1. The Hall–Kier alpha value is -0.820. The van der Waals surface area contributed by atoms with Crippen LogP contribution in [0.5, 0.6) is 0 Å². The molecule has 0 saturated carbocycles. The van der Waals surface area contributed by atoms with E-state index in [2.05, 4.69) is 0 Å². The second kappa shape index (κ2) is 4.80. The number of nitrogens with one attached hydrogen (secondary N) is 1. The molecule has 4 nitrogen and oxygen atoms in total. The molecule has 0 saturated heterocycles. The Balaban J connectivity index is 2.85. The summed E-state index contributed by atoms with van der Waals surface area (Å²) >= 11 is -2.47. The van der Waals surface area contributed by atoms with E-state index in [1.165, 1.54) is 25.1 Å². The standard InChI is InChI=1S/C9H12FNO3S/c1-9(12,6-11-15(13)14)7-4-2-3-5-8(7)10/h2-5,11-12H,6H2,1H3,(H,13,14)/p-1. The van der Waals surface area contributed by atoms with Gasteiger partial charge in [0, 0.05) is 23.4 Å². The SMILES string of the molecule is CC(O)(CNS(=O)[O-])c1ccccc1F. The van der Waals surface area contributed by atoms with E-state index in [0.29, 0.717) is 0 Å². The molecule has 0 aromatic heterocycles. The largest absolute Gasteiger partial charge is 0.760 e. The lowest BCUT2D eigenvalue weighted by Gasteiger charge is -2.25. The molecule has 1 aromatic rings. The van der Waals surface area contributed by atoms with E-state index in [0.717, 1.165) is 0 Å². The molecule has 0 aliphatic heterocycles. The summed E-state index contributed by atoms with van der Waals surface area (Å²) < 4.78 is 35.8. The molecule has 2 atom stereocenters. The summed E-state index contributed by atoms with van der Waals surface area (Å²) in [5.41, 5.74) is -1.51. The van der Waals surface area contributed by atoms with Gasteiger partial charge in [-0.3, -0.25) is 4.21 Å². The fourth-order valence-electron chi connectivity index (χ4n) is 1.19. The molecular weight excluding hydrogens is 221 g/mol. The Labute approximate surface area is 89.5 Å². The molecular formula is C9H11FNO3S-. The molecule has 15 heavy (non-hydrogen) atoms. The van der Waals surface area contributed by atoms with Crippen molar-refractivity contribution in [3.05, 3.63) is 35.6 Å². The van der Waals surface area contributed by atoms with Gasteiger partial charge in [0.25, 0.3) is 0 Å². The maximum Gasteiger partial charge on any atom is 0.129 e. The highest BCUT2D eigenvalue weighted by atomic mass is 32.2. The molecule has 0 spiro atoms. The van der Waals surface area contributed by atoms with E-state index >= 15 is 0 Å². The van der Waals surface area contributed by atoms with Gasteiger partial charge in [-0.1, -0.05) is 18.2 Å². The zero-order valence-corrected chi connectivity index (χ0v) is 8.88. The summed E-state index contributed by atoms with van der Waals surface area (Å²) in [6, 6.07) is 5.68. The number of hydrogen-bond donors (Lipinski definition) is 2. The fourth-order valence-corrected chi connectivity index (χ4v) is 1.59. The van der Waals surface area contributed by atoms with Crippen molar-refractivity contribution < 1.29 is 18.3 Å². The van der Waals surface area contributed by atoms with Crippen LogP contribution in [-0.4, -0.2) is 20.4 Å². The smallest absolute Gasteiger partial charge is 0.129 e. The molecule has 2 N–H and O–H groups in total. The fraction of sp³-hybridized carbons (Fsp3) is 0.333. The Morgan fingerprint density at radius 3 is 2.73 bits per heavy atom. The molecule has 0 bridgehead atoms. The van der Waals surface area contributed by atoms with Crippen molar-refractivity contribution in [2.45, 2.75) is 12.5 Å². The highest BCUT2D eigenvalue weighted by Crippen LogP contribution is 2.22. The van der Waals surface area contributed by atoms with Crippen LogP contribution >= 0.6 is 0 Å². The quantitative estimate of drug-likeness (QED) is 0.739. The van der Waals surface area contributed by atoms with Crippen LogP contribution in [0.2, 0.25) is 0 Å². The average molecular weight is 232 g/mol. The van der Waals surface area contributed by atoms with Gasteiger partial charge in [-0.2, -0.15) is 0 Å². The monoisotopic (exact) mass is 232 g/mol. The Morgan fingerprint density at radius 2 is 2.20 bits per heavy atom. The van der Waals surface area contributed by atoms with Crippen LogP contribution < -0.4 is 4.72 Å². The van der Waals surface area contributed by atoms with Gasteiger partial charge in [0.05, 0.1) is 0 Å². The second-order valence-electron chi connectivity index (χ2n) is 3.31. The number of halogens is 1. The molecule has 1 aromatic carbocycles. The van der Waals surface area contributed by atoms with Crippen LogP contribution in [0, 0.1) is 5.82 Å². The number of rotatable bonds is 4. The lowest BCUT2D eigenvalue weighted by molar-refractivity contribution is 0.0587. The Bertz CT molecular complexity index is 370. The Morgan fingerprint density at radius 1 is 1.60 bits per heavy atom. The summed E-state index contributed by atoms with van der Waals surface area (Å²) in [5.74, 6) is -0.569. The third-order valence-corrected chi connectivity index (χ3v) is 2.37. The van der Waals surface area contributed by atoms with Crippen molar-refractivity contribution in [2.75, 3.05) is 6.54 Å². The molecule has 0 heterocycles. The highest BCUT2D eigenvalue weighted by Gasteiger charge is 2.25. The third-order valence-electron chi connectivity index (χ3n) is 1.99. The topological polar surface area (TPSA) is 72.4 Å². The van der Waals surface area contributed by atoms with Gasteiger partial charge in [0.1, 0.15) is 11.4 Å². The van der Waals surface area contributed by atoms with Crippen molar-refractivity contribution in [2.24, 2.45) is 0 Å². The molecule has 2 unspecified atom stereocenters. The zero-order valence-electron chi connectivity index (χ0n) is 8.07. The number of aliphatic hydroxyl groups is 1. The molecule has 0 amide bonds. The van der Waals surface area contributed by atoms with Gasteiger partial charge in [-0.15, -0.1) is 0 Å². The van der Waals surface area contributed by atoms with E-state index in [1.807, 2.05) is 4.72 Å². The first-order valence-electron chi connectivity index (χ1n) is 4.23. The Kier molecular flexibility index (Phi) is 3.92. The minimum absolute atomic E-state index is 0.0583. The van der Waals surface area contributed by atoms with Crippen LogP contribution in [0.1, 0.15) is 12.5 Å². The van der Waals surface area contributed by atoms with E-state index in [1.54, 1.807) is 6.07 Å². The first-order valence-corrected chi connectivity index (χ1v) is 5.31. The van der Waals surface area contributed by atoms with Crippen molar-refractivity contribution in [1.29, 1.82) is 0 Å². The summed E-state index contributed by atoms with van der Waals surface area (Å²) in [5, 5.41) is 9.84. The van der Waals surface area contributed by atoms with Crippen LogP contribution in [-0.2, 0) is 16.9 Å². The zero-order chi connectivity index (χ0) is 11.5. The minimum atomic E-state index is -2.47. The van der Waals surface area contributed by atoms with Crippen molar-refractivity contribution in [1.82, 2.24) is 4.72 Å². The summed E-state index contributed by atoms with van der Waals surface area (Å²) in [4.78, 5) is 0. The average Bonchev–Trinajstić information content (AvgIpc) is 2.15. The van der Waals surface area contributed by atoms with Gasteiger partial charge in [0.15, 0.2) is 0 Å². The van der Waals surface area contributed by atoms with Crippen molar-refractivity contribution in [3.8, 4) is 0 Å². The first-order chi connectivity index (χ1) is 6.93. The van der Waals surface area contributed by atoms with Gasteiger partial charge >= 0.3 is 0 Å². The third kappa shape index (κ3) is 3.35. The molecule has 84 valence electrons. The second-order valence-corrected chi connectivity index (χ2v) is 4.07. The number of hydrogen-bond acceptors (Lipinski definition) is 3. The van der Waals surface area contributed by atoms with Crippen LogP contribution in [0.15, 0.2) is 24.3 Å². The van der Waals surface area contributed by atoms with Gasteiger partial charge < -0.3 is 9.66 Å². The molecule has 6 heteroatoms.